The van der Waals surface area contributed by atoms with Crippen LogP contribution in [0.3, 0.4) is 0 Å². The minimum Gasteiger partial charge on any atom is -0.372 e. The summed E-state index contributed by atoms with van der Waals surface area (Å²) in [6.07, 6.45) is 3.90. The molecule has 0 unspecified atom stereocenters. The van der Waals surface area contributed by atoms with Crippen LogP contribution in [0, 0.1) is 5.92 Å². The van der Waals surface area contributed by atoms with E-state index in [-0.39, 0.29) is 17.9 Å². The molecule has 1 atom stereocenters. The summed E-state index contributed by atoms with van der Waals surface area (Å²) in [6.45, 7) is 4.25. The molecule has 0 aromatic heterocycles. The van der Waals surface area contributed by atoms with E-state index in [0.29, 0.717) is 19.8 Å². The number of fused-ring (bicyclic) bond motifs is 1. The van der Waals surface area contributed by atoms with Crippen LogP contribution in [-0.4, -0.2) is 47.9 Å². The van der Waals surface area contributed by atoms with E-state index in [9.17, 15) is 9.59 Å². The van der Waals surface area contributed by atoms with Gasteiger partial charge in [-0.1, -0.05) is 6.07 Å². The summed E-state index contributed by atoms with van der Waals surface area (Å²) < 4.78 is 5.42. The highest BCUT2D eigenvalue weighted by molar-refractivity contribution is 5.93. The van der Waals surface area contributed by atoms with Crippen LogP contribution in [0.15, 0.2) is 18.2 Å². The summed E-state index contributed by atoms with van der Waals surface area (Å²) in [5.74, 6) is -0.123. The van der Waals surface area contributed by atoms with Gasteiger partial charge in [-0.3, -0.25) is 4.79 Å². The predicted octanol–water partition coefficient (Wildman–Crippen LogP) is 2.58. The molecule has 134 valence electrons. The van der Waals surface area contributed by atoms with Gasteiger partial charge < -0.3 is 19.9 Å². The van der Waals surface area contributed by atoms with Crippen LogP contribution in [0.2, 0.25) is 0 Å². The lowest BCUT2D eigenvalue weighted by Crippen LogP contribution is -2.48. The first kappa shape index (κ1) is 16.4. The summed E-state index contributed by atoms with van der Waals surface area (Å²) >= 11 is 0. The van der Waals surface area contributed by atoms with Gasteiger partial charge in [-0.15, -0.1) is 0 Å². The summed E-state index contributed by atoms with van der Waals surface area (Å²) in [5.41, 5.74) is 3.16. The lowest BCUT2D eigenvalue weighted by Gasteiger charge is -2.34. The van der Waals surface area contributed by atoms with E-state index < -0.39 is 0 Å². The van der Waals surface area contributed by atoms with Crippen molar-refractivity contribution >= 4 is 17.6 Å². The van der Waals surface area contributed by atoms with Crippen LogP contribution in [-0.2, 0) is 22.7 Å². The first-order chi connectivity index (χ1) is 12.2. The van der Waals surface area contributed by atoms with Crippen LogP contribution >= 0.6 is 0 Å². The zero-order valence-electron chi connectivity index (χ0n) is 14.5. The molecule has 0 radical (unpaired) electrons. The molecule has 0 bridgehead atoms. The molecule has 0 saturated carbocycles. The SMILES string of the molecule is O=C(Nc1ccc2c(c1)COC2)[C@@H]1CCCN(C(=O)N2CCCC2)C1. The normalized spacial score (nSPS) is 22.8. The number of hydrogen-bond acceptors (Lipinski definition) is 3. The van der Waals surface area contributed by atoms with Gasteiger partial charge in [0.05, 0.1) is 19.1 Å². The fraction of sp³-hybridized carbons (Fsp3) is 0.579. The number of amides is 3. The number of hydrogen-bond donors (Lipinski definition) is 1. The first-order valence-electron chi connectivity index (χ1n) is 9.25. The molecule has 3 heterocycles. The highest BCUT2D eigenvalue weighted by Gasteiger charge is 2.31. The third-order valence-corrected chi connectivity index (χ3v) is 5.43. The molecule has 0 spiro atoms. The van der Waals surface area contributed by atoms with Crippen molar-refractivity contribution in [1.82, 2.24) is 9.80 Å². The first-order valence-corrected chi connectivity index (χ1v) is 9.25. The molecule has 2 saturated heterocycles. The van der Waals surface area contributed by atoms with Crippen molar-refractivity contribution < 1.29 is 14.3 Å². The monoisotopic (exact) mass is 343 g/mol. The quantitative estimate of drug-likeness (QED) is 0.898. The predicted molar refractivity (Wildman–Crippen MR) is 94.1 cm³/mol. The number of carbonyl (C=O) groups excluding carboxylic acids is 2. The number of benzene rings is 1. The molecule has 25 heavy (non-hydrogen) atoms. The van der Waals surface area contributed by atoms with Gasteiger partial charge >= 0.3 is 6.03 Å². The lowest BCUT2D eigenvalue weighted by molar-refractivity contribution is -0.121. The molecule has 4 rings (SSSR count). The third kappa shape index (κ3) is 3.49. The minimum atomic E-state index is -0.134. The molecule has 3 aliphatic heterocycles. The van der Waals surface area contributed by atoms with Crippen molar-refractivity contribution in [3.63, 3.8) is 0 Å². The van der Waals surface area contributed by atoms with Gasteiger partial charge in [-0.25, -0.2) is 4.79 Å². The molecule has 1 N–H and O–H groups in total. The maximum absolute atomic E-state index is 12.7. The lowest BCUT2D eigenvalue weighted by atomic mass is 9.97. The summed E-state index contributed by atoms with van der Waals surface area (Å²) in [4.78, 5) is 29.0. The Labute approximate surface area is 148 Å². The number of likely N-dealkylation sites (tertiary alicyclic amines) is 2. The topological polar surface area (TPSA) is 61.9 Å². The van der Waals surface area contributed by atoms with Crippen LogP contribution in [0.25, 0.3) is 0 Å². The Morgan fingerprint density at radius 3 is 2.60 bits per heavy atom. The minimum absolute atomic E-state index is 0.0118. The van der Waals surface area contributed by atoms with Crippen LogP contribution < -0.4 is 5.32 Å². The fourth-order valence-corrected chi connectivity index (χ4v) is 3.97. The maximum atomic E-state index is 12.7. The summed E-state index contributed by atoms with van der Waals surface area (Å²) in [5, 5.41) is 3.02. The van der Waals surface area contributed by atoms with Gasteiger partial charge in [0.1, 0.15) is 0 Å². The van der Waals surface area contributed by atoms with Gasteiger partial charge in [-0.05, 0) is 48.9 Å². The van der Waals surface area contributed by atoms with Crippen molar-refractivity contribution in [1.29, 1.82) is 0 Å². The van der Waals surface area contributed by atoms with Crippen molar-refractivity contribution in [2.24, 2.45) is 5.92 Å². The molecular formula is C19H25N3O3. The zero-order chi connectivity index (χ0) is 17.2. The molecule has 1 aromatic carbocycles. The van der Waals surface area contributed by atoms with Gasteiger partial charge in [0.2, 0.25) is 5.91 Å². The molecule has 0 aliphatic carbocycles. The smallest absolute Gasteiger partial charge is 0.320 e. The van der Waals surface area contributed by atoms with Crippen LogP contribution in [0.5, 0.6) is 0 Å². The molecule has 3 amide bonds. The summed E-state index contributed by atoms with van der Waals surface area (Å²) in [7, 11) is 0. The Hall–Kier alpha value is -2.08. The van der Waals surface area contributed by atoms with Crippen molar-refractivity contribution in [3.8, 4) is 0 Å². The van der Waals surface area contributed by atoms with E-state index in [1.165, 1.54) is 5.56 Å². The number of ether oxygens (including phenoxy) is 1. The molecule has 2 fully saturated rings. The van der Waals surface area contributed by atoms with Crippen molar-refractivity contribution in [3.05, 3.63) is 29.3 Å². The standard InChI is InChI=1S/C19H25N3O3/c23-18(20-17-6-5-15-12-25-13-16(15)10-17)14-4-3-9-22(11-14)19(24)21-7-1-2-8-21/h5-6,10,14H,1-4,7-9,11-13H2,(H,20,23)/t14-/m1/s1. The van der Waals surface area contributed by atoms with E-state index in [1.54, 1.807) is 0 Å². The largest absolute Gasteiger partial charge is 0.372 e. The number of piperidine rings is 1. The van der Waals surface area contributed by atoms with E-state index in [4.69, 9.17) is 4.74 Å². The fourth-order valence-electron chi connectivity index (χ4n) is 3.97. The zero-order valence-corrected chi connectivity index (χ0v) is 14.5. The van der Waals surface area contributed by atoms with Gasteiger partial charge in [0.25, 0.3) is 0 Å². The third-order valence-electron chi connectivity index (χ3n) is 5.43. The Morgan fingerprint density at radius 1 is 1.00 bits per heavy atom. The molecule has 6 nitrogen and oxygen atoms in total. The Balaban J connectivity index is 1.37. The van der Waals surface area contributed by atoms with Gasteiger partial charge in [0.15, 0.2) is 0 Å². The second-order valence-electron chi connectivity index (χ2n) is 7.23. The molecule has 1 aromatic rings. The highest BCUT2D eigenvalue weighted by Crippen LogP contribution is 2.25. The number of urea groups is 1. The summed E-state index contributed by atoms with van der Waals surface area (Å²) in [6, 6.07) is 6.05. The number of nitrogens with zero attached hydrogens (tertiary/aromatic N) is 2. The van der Waals surface area contributed by atoms with Crippen molar-refractivity contribution in [2.75, 3.05) is 31.5 Å². The Kier molecular flexibility index (Phi) is 4.61. The van der Waals surface area contributed by atoms with E-state index in [1.807, 2.05) is 28.0 Å². The second-order valence-corrected chi connectivity index (χ2v) is 7.23. The maximum Gasteiger partial charge on any atom is 0.320 e. The number of nitrogens with one attached hydrogen (secondary N) is 1. The van der Waals surface area contributed by atoms with Crippen molar-refractivity contribution in [2.45, 2.75) is 38.9 Å². The molecule has 3 aliphatic rings. The highest BCUT2D eigenvalue weighted by atomic mass is 16.5. The average Bonchev–Trinajstić information content (AvgIpc) is 3.32. The Morgan fingerprint density at radius 2 is 1.76 bits per heavy atom. The van der Waals surface area contributed by atoms with Crippen LogP contribution in [0.4, 0.5) is 10.5 Å². The second kappa shape index (κ2) is 7.04. The Bertz CT molecular complexity index is 670. The van der Waals surface area contributed by atoms with Gasteiger partial charge in [0, 0.05) is 31.9 Å². The van der Waals surface area contributed by atoms with Gasteiger partial charge in [-0.2, -0.15) is 0 Å². The molecule has 6 heteroatoms. The number of rotatable bonds is 2. The average molecular weight is 343 g/mol. The van der Waals surface area contributed by atoms with Crippen LogP contribution in [0.1, 0.15) is 36.8 Å². The number of anilines is 1. The molecular weight excluding hydrogens is 318 g/mol. The number of carbonyl (C=O) groups is 2. The van der Waals surface area contributed by atoms with E-state index in [0.717, 1.165) is 56.6 Å². The van der Waals surface area contributed by atoms with E-state index in [2.05, 4.69) is 5.32 Å². The van der Waals surface area contributed by atoms with E-state index >= 15 is 0 Å².